The lowest BCUT2D eigenvalue weighted by atomic mass is 10.1. The molecule has 10 heavy (non-hydrogen) atoms. The van der Waals surface area contributed by atoms with Crippen LogP contribution < -0.4 is 0 Å². The molecule has 1 heterocycles. The van der Waals surface area contributed by atoms with Crippen molar-refractivity contribution in [1.29, 1.82) is 0 Å². The highest BCUT2D eigenvalue weighted by atomic mass is 127. The molecular weight excluding hydrogens is 247 g/mol. The maximum Gasteiger partial charge on any atom is 0.157 e. The summed E-state index contributed by atoms with van der Waals surface area (Å²) in [5.74, 6) is 0. The number of halogens is 1. The second-order valence-electron chi connectivity index (χ2n) is 2.49. The Hall–Kier alpha value is 0.610. The monoisotopic (exact) mass is 258 g/mol. The van der Waals surface area contributed by atoms with Gasteiger partial charge in [-0.15, -0.1) is 0 Å². The first-order valence-corrected chi connectivity index (χ1v) is 4.82. The van der Waals surface area contributed by atoms with Crippen molar-refractivity contribution in [2.45, 2.75) is 31.3 Å². The van der Waals surface area contributed by atoms with E-state index in [4.69, 9.17) is 14.9 Å². The lowest BCUT2D eigenvalue weighted by Gasteiger charge is -2.28. The Morgan fingerprint density at radius 1 is 1.40 bits per heavy atom. The minimum Gasteiger partial charge on any atom is -0.393 e. The zero-order chi connectivity index (χ0) is 7.56. The van der Waals surface area contributed by atoms with E-state index < -0.39 is 6.29 Å². The number of hydrogen-bond donors (Lipinski definition) is 2. The van der Waals surface area contributed by atoms with Crippen molar-refractivity contribution < 1.29 is 14.9 Å². The van der Waals surface area contributed by atoms with Gasteiger partial charge in [-0.1, -0.05) is 22.6 Å². The van der Waals surface area contributed by atoms with Crippen LogP contribution in [0.25, 0.3) is 0 Å². The van der Waals surface area contributed by atoms with E-state index in [2.05, 4.69) is 22.6 Å². The second-order valence-corrected chi connectivity index (χ2v) is 3.37. The summed E-state index contributed by atoms with van der Waals surface area (Å²) < 4.78 is 5.92. The molecule has 1 aliphatic rings. The van der Waals surface area contributed by atoms with Crippen molar-refractivity contribution in [3.63, 3.8) is 0 Å². The molecule has 60 valence electrons. The summed E-state index contributed by atoms with van der Waals surface area (Å²) in [6.07, 6.45) is -0.112. The smallest absolute Gasteiger partial charge is 0.157 e. The molecule has 1 fully saturated rings. The Morgan fingerprint density at radius 2 is 2.10 bits per heavy atom. The molecule has 2 N–H and O–H groups in total. The van der Waals surface area contributed by atoms with Gasteiger partial charge in [0, 0.05) is 17.3 Å². The minimum absolute atomic E-state index is 0.0272. The zero-order valence-electron chi connectivity index (χ0n) is 5.53. The van der Waals surface area contributed by atoms with Crippen molar-refractivity contribution in [3.05, 3.63) is 0 Å². The Labute approximate surface area is 73.5 Å². The standard InChI is InChI=1S/C6H11IO3/c7-3-5-1-4(8)2-6(9)10-5/h4-6,8-9H,1-3H2. The molecule has 0 saturated carbocycles. The van der Waals surface area contributed by atoms with Gasteiger partial charge in [0.25, 0.3) is 0 Å². The van der Waals surface area contributed by atoms with Gasteiger partial charge in [0.1, 0.15) is 0 Å². The fraction of sp³-hybridized carbons (Fsp3) is 1.00. The average molecular weight is 258 g/mol. The summed E-state index contributed by atoms with van der Waals surface area (Å²) >= 11 is 2.18. The lowest BCUT2D eigenvalue weighted by molar-refractivity contribution is -0.181. The van der Waals surface area contributed by atoms with E-state index in [0.29, 0.717) is 12.8 Å². The number of rotatable bonds is 1. The zero-order valence-corrected chi connectivity index (χ0v) is 7.69. The topological polar surface area (TPSA) is 49.7 Å². The van der Waals surface area contributed by atoms with Crippen LogP contribution in [0.5, 0.6) is 0 Å². The van der Waals surface area contributed by atoms with E-state index >= 15 is 0 Å². The second kappa shape index (κ2) is 3.85. The highest BCUT2D eigenvalue weighted by Gasteiger charge is 2.25. The van der Waals surface area contributed by atoms with Crippen LogP contribution in [0.2, 0.25) is 0 Å². The van der Waals surface area contributed by atoms with Crippen molar-refractivity contribution >= 4 is 22.6 Å². The van der Waals surface area contributed by atoms with Crippen LogP contribution in [0.3, 0.4) is 0 Å². The Bertz CT molecular complexity index is 99.2. The highest BCUT2D eigenvalue weighted by Crippen LogP contribution is 2.19. The predicted octanol–water partition coefficient (Wildman–Crippen LogP) is 0.280. The molecule has 4 heteroatoms. The summed E-state index contributed by atoms with van der Waals surface area (Å²) in [5.41, 5.74) is 0. The quantitative estimate of drug-likeness (QED) is 0.524. The van der Waals surface area contributed by atoms with Crippen molar-refractivity contribution in [3.8, 4) is 0 Å². The van der Waals surface area contributed by atoms with E-state index in [1.807, 2.05) is 0 Å². The van der Waals surface area contributed by atoms with Crippen molar-refractivity contribution in [2.24, 2.45) is 0 Å². The van der Waals surface area contributed by atoms with Gasteiger partial charge < -0.3 is 14.9 Å². The van der Waals surface area contributed by atoms with Gasteiger partial charge in [-0.25, -0.2) is 0 Å². The fourth-order valence-corrected chi connectivity index (χ4v) is 1.63. The summed E-state index contributed by atoms with van der Waals surface area (Å²) in [6.45, 7) is 0. The molecule has 0 spiro atoms. The van der Waals surface area contributed by atoms with Gasteiger partial charge in [0.2, 0.25) is 0 Å². The third-order valence-electron chi connectivity index (χ3n) is 1.53. The largest absolute Gasteiger partial charge is 0.393 e. The van der Waals surface area contributed by atoms with Gasteiger partial charge in [0.15, 0.2) is 6.29 Å². The molecule has 3 unspecified atom stereocenters. The molecule has 0 aromatic rings. The molecule has 1 rings (SSSR count). The van der Waals surface area contributed by atoms with Crippen LogP contribution >= 0.6 is 22.6 Å². The van der Waals surface area contributed by atoms with Crippen LogP contribution in [-0.4, -0.2) is 33.1 Å². The molecule has 1 saturated heterocycles. The van der Waals surface area contributed by atoms with Crippen molar-refractivity contribution in [2.75, 3.05) is 4.43 Å². The Kier molecular flexibility index (Phi) is 3.35. The molecule has 3 nitrogen and oxygen atoms in total. The lowest BCUT2D eigenvalue weighted by Crippen LogP contribution is -2.36. The Morgan fingerprint density at radius 3 is 2.60 bits per heavy atom. The van der Waals surface area contributed by atoms with E-state index in [1.54, 1.807) is 0 Å². The number of alkyl halides is 1. The minimum atomic E-state index is -0.761. The van der Waals surface area contributed by atoms with E-state index in [-0.39, 0.29) is 12.2 Å². The maximum atomic E-state index is 9.14. The van der Waals surface area contributed by atoms with Crippen LogP contribution in [-0.2, 0) is 4.74 Å². The van der Waals surface area contributed by atoms with Gasteiger partial charge in [0.05, 0.1) is 12.2 Å². The molecule has 0 aromatic carbocycles. The van der Waals surface area contributed by atoms with Crippen LogP contribution in [0.15, 0.2) is 0 Å². The van der Waals surface area contributed by atoms with E-state index in [0.717, 1.165) is 4.43 Å². The molecule has 0 radical (unpaired) electrons. The molecular formula is C6H11IO3. The summed E-state index contributed by atoms with van der Waals surface area (Å²) in [5, 5.41) is 18.1. The van der Waals surface area contributed by atoms with Crippen LogP contribution in [0.4, 0.5) is 0 Å². The van der Waals surface area contributed by atoms with E-state index in [9.17, 15) is 0 Å². The van der Waals surface area contributed by atoms with Gasteiger partial charge in [-0.3, -0.25) is 0 Å². The molecule has 0 aliphatic carbocycles. The first-order chi connectivity index (χ1) is 4.72. The average Bonchev–Trinajstić information content (AvgIpc) is 1.85. The van der Waals surface area contributed by atoms with E-state index in [1.165, 1.54) is 0 Å². The summed E-state index contributed by atoms with van der Waals surface area (Å²) in [6, 6.07) is 0. The molecule has 0 bridgehead atoms. The van der Waals surface area contributed by atoms with Gasteiger partial charge >= 0.3 is 0 Å². The van der Waals surface area contributed by atoms with Crippen LogP contribution in [0, 0.1) is 0 Å². The third-order valence-corrected chi connectivity index (χ3v) is 2.51. The summed E-state index contributed by atoms with van der Waals surface area (Å²) in [7, 11) is 0. The van der Waals surface area contributed by atoms with Crippen LogP contribution in [0.1, 0.15) is 12.8 Å². The highest BCUT2D eigenvalue weighted by molar-refractivity contribution is 14.1. The number of aliphatic hydroxyl groups is 2. The SMILES string of the molecule is OC1CC(O)OC(CI)C1. The fourth-order valence-electron chi connectivity index (χ4n) is 1.07. The summed E-state index contributed by atoms with van der Waals surface area (Å²) in [4.78, 5) is 0. The molecule has 3 atom stereocenters. The third kappa shape index (κ3) is 2.34. The first kappa shape index (κ1) is 8.70. The molecule has 0 aromatic heterocycles. The first-order valence-electron chi connectivity index (χ1n) is 3.30. The number of ether oxygens (including phenoxy) is 1. The normalized spacial score (nSPS) is 41.7. The number of hydrogen-bond acceptors (Lipinski definition) is 3. The molecule has 1 aliphatic heterocycles. The Balaban J connectivity index is 2.35. The predicted molar refractivity (Wildman–Crippen MR) is 45.0 cm³/mol. The van der Waals surface area contributed by atoms with Gasteiger partial charge in [-0.2, -0.15) is 0 Å². The molecule has 0 amide bonds. The maximum absolute atomic E-state index is 9.14. The van der Waals surface area contributed by atoms with Crippen molar-refractivity contribution in [1.82, 2.24) is 0 Å². The van der Waals surface area contributed by atoms with Gasteiger partial charge in [-0.05, 0) is 0 Å². The number of aliphatic hydroxyl groups excluding tert-OH is 2.